The molecule has 0 bridgehead atoms. The van der Waals surface area contributed by atoms with Crippen molar-refractivity contribution in [2.75, 3.05) is 11.9 Å². The van der Waals surface area contributed by atoms with Crippen LogP contribution in [-0.2, 0) is 6.42 Å². The van der Waals surface area contributed by atoms with Crippen LogP contribution < -0.4 is 9.88 Å². The molecule has 6 heteroatoms. The van der Waals surface area contributed by atoms with Crippen LogP contribution in [0.15, 0.2) is 66.5 Å². The second-order valence-electron chi connectivity index (χ2n) is 7.16. The van der Waals surface area contributed by atoms with Gasteiger partial charge in [-0.25, -0.2) is 0 Å². The number of aryl methyl sites for hydroxylation is 1. The number of pyridine rings is 1. The number of anilines is 1. The van der Waals surface area contributed by atoms with Crippen molar-refractivity contribution in [3.8, 4) is 0 Å². The molecule has 2 aliphatic rings. The van der Waals surface area contributed by atoms with Gasteiger partial charge in [0.1, 0.15) is 0 Å². The number of rotatable bonds is 5. The van der Waals surface area contributed by atoms with Crippen molar-refractivity contribution in [3.63, 3.8) is 0 Å². The molecule has 1 unspecified atom stereocenters. The van der Waals surface area contributed by atoms with Crippen molar-refractivity contribution in [1.82, 2.24) is 0 Å². The summed E-state index contributed by atoms with van der Waals surface area (Å²) in [6.07, 6.45) is 14.0. The number of hydrogen-bond donors (Lipinski definition) is 1. The smallest absolute Gasteiger partial charge is 0.270 e. The summed E-state index contributed by atoms with van der Waals surface area (Å²) < 4.78 is 1.90. The molecule has 1 atom stereocenters. The van der Waals surface area contributed by atoms with E-state index in [-0.39, 0.29) is 17.5 Å². The molecule has 1 heterocycles. The number of nitrogens with one attached hydrogen (secondary N) is 1. The van der Waals surface area contributed by atoms with E-state index in [0.29, 0.717) is 12.0 Å². The Morgan fingerprint density at radius 2 is 2.00 bits per heavy atom. The van der Waals surface area contributed by atoms with Gasteiger partial charge >= 0.3 is 0 Å². The molecule has 1 aromatic heterocycles. The highest BCUT2D eigenvalue weighted by Crippen LogP contribution is 2.29. The Bertz CT molecular complexity index is 977. The Morgan fingerprint density at radius 1 is 1.18 bits per heavy atom. The standard InChI is InChI=1S/C22H21N3O3/c26-22-20-14-19(25(27)28)8-6-17(20)7-9-21(22)24-12-10-18(11-13-24)23-15-16-4-2-1-3-5-16/h2,4-6,8,10-14,21H,1,3,7,9,15H2/p+1. The number of benzene rings is 1. The van der Waals surface area contributed by atoms with Crippen molar-refractivity contribution in [3.05, 3.63) is 87.8 Å². The first-order valence-electron chi connectivity index (χ1n) is 9.53. The molecule has 1 aromatic carbocycles. The normalized spacial score (nSPS) is 18.4. The molecule has 2 aromatic rings. The Hall–Kier alpha value is -3.28. The van der Waals surface area contributed by atoms with Gasteiger partial charge in [0.2, 0.25) is 11.8 Å². The lowest BCUT2D eigenvalue weighted by atomic mass is 9.86. The minimum atomic E-state index is -0.457. The van der Waals surface area contributed by atoms with E-state index < -0.39 is 4.92 Å². The fourth-order valence-corrected chi connectivity index (χ4v) is 3.78. The van der Waals surface area contributed by atoms with E-state index in [9.17, 15) is 14.9 Å². The van der Waals surface area contributed by atoms with Crippen LogP contribution >= 0.6 is 0 Å². The quantitative estimate of drug-likeness (QED) is 0.487. The number of carbonyl (C=O) groups excluding carboxylic acids is 1. The predicted octanol–water partition coefficient (Wildman–Crippen LogP) is 3.94. The molecule has 0 radical (unpaired) electrons. The summed E-state index contributed by atoms with van der Waals surface area (Å²) in [7, 11) is 0. The molecular formula is C22H22N3O3+. The molecule has 0 amide bonds. The van der Waals surface area contributed by atoms with Gasteiger partial charge in [-0.2, -0.15) is 4.57 Å². The molecule has 0 saturated heterocycles. The minimum absolute atomic E-state index is 0.0386. The van der Waals surface area contributed by atoms with E-state index in [2.05, 4.69) is 23.5 Å². The zero-order valence-electron chi connectivity index (χ0n) is 15.5. The highest BCUT2D eigenvalue weighted by molar-refractivity contribution is 6.00. The molecule has 0 spiro atoms. The lowest BCUT2D eigenvalue weighted by Crippen LogP contribution is -2.45. The number of nitro benzene ring substituents is 1. The van der Waals surface area contributed by atoms with Gasteiger partial charge in [-0.05, 0) is 30.4 Å². The minimum Gasteiger partial charge on any atom is -0.381 e. The number of Topliss-reactive ketones (excluding diaryl/α,β-unsaturated/α-hetero) is 1. The molecule has 0 saturated carbocycles. The van der Waals surface area contributed by atoms with Gasteiger partial charge in [-0.3, -0.25) is 14.9 Å². The van der Waals surface area contributed by atoms with Crippen molar-refractivity contribution in [2.24, 2.45) is 0 Å². The number of aromatic nitrogens is 1. The van der Waals surface area contributed by atoms with Gasteiger partial charge in [-0.15, -0.1) is 0 Å². The maximum Gasteiger partial charge on any atom is 0.270 e. The Kier molecular flexibility index (Phi) is 5.02. The third-order valence-electron chi connectivity index (χ3n) is 5.34. The summed E-state index contributed by atoms with van der Waals surface area (Å²) in [6, 6.07) is 8.18. The Morgan fingerprint density at radius 3 is 2.71 bits per heavy atom. The summed E-state index contributed by atoms with van der Waals surface area (Å²) in [5.41, 5.74) is 3.60. The number of hydrogen-bond acceptors (Lipinski definition) is 4. The highest BCUT2D eigenvalue weighted by atomic mass is 16.6. The van der Waals surface area contributed by atoms with Gasteiger partial charge in [0.25, 0.3) is 5.69 Å². The summed E-state index contributed by atoms with van der Waals surface area (Å²) in [6.45, 7) is 0.778. The van der Waals surface area contributed by atoms with Crippen LogP contribution in [0.2, 0.25) is 0 Å². The second kappa shape index (κ2) is 7.76. The summed E-state index contributed by atoms with van der Waals surface area (Å²) in [5.74, 6) is -0.0619. The third-order valence-corrected chi connectivity index (χ3v) is 5.34. The van der Waals surface area contributed by atoms with Crippen molar-refractivity contribution >= 4 is 17.2 Å². The number of nitrogens with zero attached hydrogens (tertiary/aromatic N) is 2. The molecule has 28 heavy (non-hydrogen) atoms. The molecule has 0 aliphatic heterocycles. The van der Waals surface area contributed by atoms with E-state index >= 15 is 0 Å². The van der Waals surface area contributed by atoms with Crippen molar-refractivity contribution in [1.29, 1.82) is 0 Å². The first kappa shape index (κ1) is 18.1. The van der Waals surface area contributed by atoms with Gasteiger partial charge in [0.15, 0.2) is 12.4 Å². The maximum absolute atomic E-state index is 12.9. The van der Waals surface area contributed by atoms with E-state index in [1.807, 2.05) is 29.1 Å². The molecular weight excluding hydrogens is 354 g/mol. The molecule has 1 N–H and O–H groups in total. The third kappa shape index (κ3) is 3.71. The summed E-state index contributed by atoms with van der Waals surface area (Å²) >= 11 is 0. The first-order chi connectivity index (χ1) is 13.6. The van der Waals surface area contributed by atoms with E-state index in [0.717, 1.165) is 37.1 Å². The average Bonchev–Trinajstić information content (AvgIpc) is 2.73. The van der Waals surface area contributed by atoms with E-state index in [4.69, 9.17) is 0 Å². The Balaban J connectivity index is 1.48. The average molecular weight is 376 g/mol. The van der Waals surface area contributed by atoms with Gasteiger partial charge < -0.3 is 5.32 Å². The van der Waals surface area contributed by atoms with E-state index in [1.54, 1.807) is 6.07 Å². The summed E-state index contributed by atoms with van der Waals surface area (Å²) in [5, 5.41) is 14.4. The SMILES string of the molecule is O=C1c2cc([N+](=O)[O-])ccc2CCC1[n+]1ccc(NCC2=CCCC=C2)cc1. The zero-order valence-corrected chi connectivity index (χ0v) is 15.5. The lowest BCUT2D eigenvalue weighted by molar-refractivity contribution is -0.708. The molecule has 0 fully saturated rings. The molecule has 4 rings (SSSR count). The monoisotopic (exact) mass is 376 g/mol. The number of non-ortho nitro benzene ring substituents is 1. The van der Waals surface area contributed by atoms with Crippen LogP contribution in [0.3, 0.4) is 0 Å². The largest absolute Gasteiger partial charge is 0.381 e. The maximum atomic E-state index is 12.9. The fourth-order valence-electron chi connectivity index (χ4n) is 3.78. The number of nitro groups is 1. The number of fused-ring (bicyclic) bond motifs is 1. The molecule has 142 valence electrons. The van der Waals surface area contributed by atoms with Gasteiger partial charge in [0, 0.05) is 48.5 Å². The first-order valence-corrected chi connectivity index (χ1v) is 9.53. The van der Waals surface area contributed by atoms with Crippen LogP contribution in [-0.4, -0.2) is 17.3 Å². The number of ketones is 1. The number of allylic oxidation sites excluding steroid dienone is 2. The van der Waals surface area contributed by atoms with Crippen LogP contribution in [0, 0.1) is 10.1 Å². The topological polar surface area (TPSA) is 76.1 Å². The highest BCUT2D eigenvalue weighted by Gasteiger charge is 2.35. The van der Waals surface area contributed by atoms with Gasteiger partial charge in [0.05, 0.1) is 4.92 Å². The molecule has 6 nitrogen and oxygen atoms in total. The zero-order chi connectivity index (χ0) is 19.5. The van der Waals surface area contributed by atoms with Crippen molar-refractivity contribution < 1.29 is 14.3 Å². The van der Waals surface area contributed by atoms with Crippen LogP contribution in [0.1, 0.15) is 41.2 Å². The van der Waals surface area contributed by atoms with Crippen molar-refractivity contribution in [2.45, 2.75) is 31.7 Å². The second-order valence-corrected chi connectivity index (χ2v) is 7.16. The predicted molar refractivity (Wildman–Crippen MR) is 106 cm³/mol. The van der Waals surface area contributed by atoms with Crippen LogP contribution in [0.4, 0.5) is 11.4 Å². The Labute approximate surface area is 163 Å². The molecule has 2 aliphatic carbocycles. The van der Waals surface area contributed by atoms with Crippen LogP contribution in [0.5, 0.6) is 0 Å². The summed E-state index contributed by atoms with van der Waals surface area (Å²) in [4.78, 5) is 23.5. The van der Waals surface area contributed by atoms with Crippen LogP contribution in [0.25, 0.3) is 0 Å². The fraction of sp³-hybridized carbons (Fsp3) is 0.273. The number of carbonyl (C=O) groups is 1. The lowest BCUT2D eigenvalue weighted by Gasteiger charge is -2.19. The van der Waals surface area contributed by atoms with Gasteiger partial charge in [-0.1, -0.05) is 24.3 Å². The van der Waals surface area contributed by atoms with E-state index in [1.165, 1.54) is 17.7 Å².